The van der Waals surface area contributed by atoms with Crippen LogP contribution in [-0.2, 0) is 25.7 Å². The van der Waals surface area contributed by atoms with Crippen molar-refractivity contribution in [2.75, 3.05) is 0 Å². The van der Waals surface area contributed by atoms with Crippen molar-refractivity contribution >= 4 is 0 Å². The van der Waals surface area contributed by atoms with Crippen molar-refractivity contribution in [1.29, 1.82) is 0 Å². The summed E-state index contributed by atoms with van der Waals surface area (Å²) in [4.78, 5) is 0. The minimum atomic E-state index is -0.0803. The van der Waals surface area contributed by atoms with Crippen LogP contribution in [0, 0.1) is 23.7 Å². The van der Waals surface area contributed by atoms with E-state index in [-0.39, 0.29) is 46.0 Å². The Morgan fingerprint density at radius 2 is 0.469 bits per heavy atom. The predicted molar refractivity (Wildman–Crippen MR) is 263 cm³/mol. The van der Waals surface area contributed by atoms with E-state index in [1.165, 1.54) is 103 Å². The van der Waals surface area contributed by atoms with Crippen molar-refractivity contribution in [2.45, 2.75) is 182 Å². The van der Waals surface area contributed by atoms with Crippen LogP contribution in [0.3, 0.4) is 0 Å². The molecule has 0 bridgehead atoms. The topological polar surface area (TPSA) is 162 Å². The van der Waals surface area contributed by atoms with Gasteiger partial charge >= 0.3 is 0 Å². The minimum absolute atomic E-state index is 0.0600. The Morgan fingerprint density at radius 3 is 0.688 bits per heavy atom. The minimum Gasteiger partial charge on any atom is -0.504 e. The molecule has 0 spiro atoms. The average molecular weight is 885 g/mol. The first-order valence-electron chi connectivity index (χ1n) is 24.9. The molecule has 0 radical (unpaired) electrons. The molecule has 0 aromatic heterocycles. The van der Waals surface area contributed by atoms with E-state index in [1.54, 1.807) is 48.5 Å². The molecule has 0 fully saturated rings. The monoisotopic (exact) mass is 885 g/mol. The summed E-state index contributed by atoms with van der Waals surface area (Å²) in [5.74, 6) is 1.25. The molecular formula is C56H84O8. The summed E-state index contributed by atoms with van der Waals surface area (Å²) in [6.45, 7) is 8.91. The second kappa shape index (κ2) is 30.4. The first-order valence-corrected chi connectivity index (χ1v) is 24.9. The molecule has 4 atom stereocenters. The molecule has 356 valence electrons. The van der Waals surface area contributed by atoms with Crippen molar-refractivity contribution in [3.8, 4) is 46.0 Å². The number of aromatic hydroxyl groups is 8. The van der Waals surface area contributed by atoms with Crippen LogP contribution in [0.4, 0.5) is 0 Å². The number of benzene rings is 4. The molecule has 8 N–H and O–H groups in total. The van der Waals surface area contributed by atoms with E-state index in [4.69, 9.17) is 0 Å². The quantitative estimate of drug-likeness (QED) is 0.0190. The molecule has 4 aromatic carbocycles. The third-order valence-corrected chi connectivity index (χ3v) is 13.2. The van der Waals surface area contributed by atoms with Crippen LogP contribution in [0.5, 0.6) is 46.0 Å². The number of hydrogen-bond donors (Lipinski definition) is 8. The maximum atomic E-state index is 9.99. The van der Waals surface area contributed by atoms with Gasteiger partial charge < -0.3 is 40.9 Å². The number of rotatable bonds is 30. The number of phenols is 8. The highest BCUT2D eigenvalue weighted by atomic mass is 16.3. The lowest BCUT2D eigenvalue weighted by molar-refractivity contribution is 0.274. The van der Waals surface area contributed by atoms with Crippen LogP contribution < -0.4 is 0 Å². The van der Waals surface area contributed by atoms with Gasteiger partial charge in [-0.15, -0.1) is 0 Å². The van der Waals surface area contributed by atoms with E-state index in [1.807, 2.05) is 24.3 Å². The van der Waals surface area contributed by atoms with Crippen LogP contribution in [-0.4, -0.2) is 40.9 Å². The highest BCUT2D eigenvalue weighted by Crippen LogP contribution is 2.37. The van der Waals surface area contributed by atoms with E-state index in [2.05, 4.69) is 27.7 Å². The van der Waals surface area contributed by atoms with E-state index in [0.29, 0.717) is 23.7 Å². The first kappa shape index (κ1) is 53.6. The molecule has 0 aliphatic rings. The fraction of sp³-hybridized carbons (Fsp3) is 0.571. The SMILES string of the molecule is CCCCCCC[C@@H](Cc1ccc(O)c(O)c1)[C@@H](CCCCC)Cc1ccc(O)c(O)c1.CCCCCCC[C@H](Cc1ccc(O)c(O)c1)[C@H](CCCCC)Cc1ccc(O)c(O)c1. The van der Waals surface area contributed by atoms with Crippen LogP contribution in [0.2, 0.25) is 0 Å². The molecule has 8 heteroatoms. The molecule has 8 nitrogen and oxygen atoms in total. The number of unbranched alkanes of at least 4 members (excludes halogenated alkanes) is 12. The van der Waals surface area contributed by atoms with Crippen LogP contribution in [0.25, 0.3) is 0 Å². The first-order chi connectivity index (χ1) is 30.9. The predicted octanol–water partition coefficient (Wildman–Crippen LogP) is 14.9. The molecule has 64 heavy (non-hydrogen) atoms. The summed E-state index contributed by atoms with van der Waals surface area (Å²) in [5, 5.41) is 78.7. The Bertz CT molecular complexity index is 1740. The molecule has 0 saturated carbocycles. The standard InChI is InChI=1S/2C28H42O4/c2*1-3-5-7-8-10-12-24(18-22-14-16-26(30)28(32)20-22)23(11-9-6-4-2)17-21-13-15-25(29)27(31)19-21/h2*13-16,19-20,23-24,29-32H,3-12,17-18H2,1-2H3/t2*23-,24-/m10/s1. The van der Waals surface area contributed by atoms with Gasteiger partial charge in [-0.3, -0.25) is 0 Å². The molecule has 0 unspecified atom stereocenters. The van der Waals surface area contributed by atoms with Crippen molar-refractivity contribution in [1.82, 2.24) is 0 Å². The summed E-state index contributed by atoms with van der Waals surface area (Å²) in [6.07, 6.45) is 27.6. The molecule has 4 aromatic rings. The van der Waals surface area contributed by atoms with E-state index < -0.39 is 0 Å². The molecule has 0 heterocycles. The van der Waals surface area contributed by atoms with Crippen LogP contribution >= 0.6 is 0 Å². The largest absolute Gasteiger partial charge is 0.504 e. The van der Waals surface area contributed by atoms with Gasteiger partial charge in [0.05, 0.1) is 0 Å². The van der Waals surface area contributed by atoms with Crippen molar-refractivity contribution < 1.29 is 40.9 Å². The summed E-state index contributed by atoms with van der Waals surface area (Å²) in [6, 6.07) is 20.7. The lowest BCUT2D eigenvalue weighted by Gasteiger charge is -2.28. The van der Waals surface area contributed by atoms with Gasteiger partial charge in [0.15, 0.2) is 46.0 Å². The zero-order valence-corrected chi connectivity index (χ0v) is 39.8. The fourth-order valence-corrected chi connectivity index (χ4v) is 9.35. The summed E-state index contributed by atoms with van der Waals surface area (Å²) >= 11 is 0. The molecule has 4 rings (SSSR count). The van der Waals surface area contributed by atoms with Gasteiger partial charge in [-0.25, -0.2) is 0 Å². The smallest absolute Gasteiger partial charge is 0.157 e. The maximum absolute atomic E-state index is 9.99. The molecule has 0 aliphatic heterocycles. The molecule has 0 amide bonds. The molecular weight excluding hydrogens is 801 g/mol. The third-order valence-electron chi connectivity index (χ3n) is 13.2. The maximum Gasteiger partial charge on any atom is 0.157 e. The van der Waals surface area contributed by atoms with Crippen LogP contribution in [0.15, 0.2) is 72.8 Å². The Morgan fingerprint density at radius 1 is 0.266 bits per heavy atom. The summed E-state index contributed by atoms with van der Waals surface area (Å²) in [5.41, 5.74) is 4.19. The van der Waals surface area contributed by atoms with E-state index in [9.17, 15) is 40.9 Å². The Balaban J connectivity index is 0.000000340. The summed E-state index contributed by atoms with van der Waals surface area (Å²) < 4.78 is 0. The van der Waals surface area contributed by atoms with Gasteiger partial charge in [0, 0.05) is 0 Å². The normalized spacial score (nSPS) is 13.2. The van der Waals surface area contributed by atoms with Crippen molar-refractivity contribution in [3.05, 3.63) is 95.1 Å². The zero-order chi connectivity index (χ0) is 46.7. The number of phenolic OH excluding ortho intramolecular Hbond substituents is 8. The number of hydrogen-bond acceptors (Lipinski definition) is 8. The Hall–Kier alpha value is -4.72. The molecule has 0 saturated heterocycles. The Labute approximate surface area is 386 Å². The van der Waals surface area contributed by atoms with Gasteiger partial charge in [-0.1, -0.05) is 155 Å². The van der Waals surface area contributed by atoms with Gasteiger partial charge in [-0.05, 0) is 146 Å². The second-order valence-electron chi connectivity index (χ2n) is 18.5. The lowest BCUT2D eigenvalue weighted by Crippen LogP contribution is -2.20. The van der Waals surface area contributed by atoms with Crippen molar-refractivity contribution in [2.24, 2.45) is 23.7 Å². The molecule has 0 aliphatic carbocycles. The zero-order valence-electron chi connectivity index (χ0n) is 39.8. The summed E-state index contributed by atoms with van der Waals surface area (Å²) in [7, 11) is 0. The van der Waals surface area contributed by atoms with Gasteiger partial charge in [0.2, 0.25) is 0 Å². The average Bonchev–Trinajstić information content (AvgIpc) is 3.27. The van der Waals surface area contributed by atoms with E-state index >= 15 is 0 Å². The van der Waals surface area contributed by atoms with E-state index in [0.717, 1.165) is 73.6 Å². The second-order valence-corrected chi connectivity index (χ2v) is 18.5. The Kier molecular flexibility index (Phi) is 25.5. The highest BCUT2D eigenvalue weighted by molar-refractivity contribution is 5.43. The van der Waals surface area contributed by atoms with Crippen molar-refractivity contribution in [3.63, 3.8) is 0 Å². The fourth-order valence-electron chi connectivity index (χ4n) is 9.35. The van der Waals surface area contributed by atoms with Gasteiger partial charge in [0.1, 0.15) is 0 Å². The third kappa shape index (κ3) is 20.0. The lowest BCUT2D eigenvalue weighted by atomic mass is 9.77. The highest BCUT2D eigenvalue weighted by Gasteiger charge is 2.25. The van der Waals surface area contributed by atoms with Gasteiger partial charge in [-0.2, -0.15) is 0 Å². The van der Waals surface area contributed by atoms with Crippen LogP contribution in [0.1, 0.15) is 178 Å². The van der Waals surface area contributed by atoms with Gasteiger partial charge in [0.25, 0.3) is 0 Å².